The number of hydrogen-bond acceptors (Lipinski definition) is 4. The van der Waals surface area contributed by atoms with Crippen LogP contribution < -0.4 is 0 Å². The highest BCUT2D eigenvalue weighted by Crippen LogP contribution is 2.22. The third kappa shape index (κ3) is 6.51. The third-order valence-corrected chi connectivity index (χ3v) is 3.50. The Morgan fingerprint density at radius 1 is 0.870 bits per heavy atom. The molecule has 0 saturated carbocycles. The van der Waals surface area contributed by atoms with Crippen LogP contribution >= 0.6 is 0 Å². The maximum absolute atomic E-state index is 12.0. The van der Waals surface area contributed by atoms with Gasteiger partial charge in [0.25, 0.3) is 0 Å². The van der Waals surface area contributed by atoms with Crippen molar-refractivity contribution in [3.05, 3.63) is 60.2 Å². The Bertz CT molecular complexity index is 560. The lowest BCUT2D eigenvalue weighted by Gasteiger charge is -2.18. The van der Waals surface area contributed by atoms with Crippen molar-refractivity contribution in [2.45, 2.75) is 38.2 Å². The number of esters is 2. The fourth-order valence-corrected chi connectivity index (χ4v) is 2.28. The average molecular weight is 314 g/mol. The van der Waals surface area contributed by atoms with Crippen molar-refractivity contribution in [1.82, 2.24) is 0 Å². The van der Waals surface area contributed by atoms with E-state index in [0.29, 0.717) is 32.1 Å². The smallest absolute Gasteiger partial charge is 0.306 e. The first kappa shape index (κ1) is 17.0. The first-order chi connectivity index (χ1) is 11.3. The highest BCUT2D eigenvalue weighted by atomic mass is 16.6. The van der Waals surface area contributed by atoms with Gasteiger partial charge in [-0.3, -0.25) is 9.59 Å². The molecule has 0 radical (unpaired) electrons. The van der Waals surface area contributed by atoms with Crippen molar-refractivity contribution in [3.63, 3.8) is 0 Å². The summed E-state index contributed by atoms with van der Waals surface area (Å²) < 4.78 is 10.8. The van der Waals surface area contributed by atoms with Crippen molar-refractivity contribution < 1.29 is 19.1 Å². The number of hydrogen-bond donors (Lipinski definition) is 0. The molecular weight excluding hydrogens is 292 g/mol. The maximum Gasteiger partial charge on any atom is 0.306 e. The van der Waals surface area contributed by atoms with E-state index in [1.165, 1.54) is 0 Å². The summed E-state index contributed by atoms with van der Waals surface area (Å²) in [5, 5.41) is 0. The molecule has 0 aromatic heterocycles. The molecule has 4 heteroatoms. The molecule has 2 rings (SSSR count). The summed E-state index contributed by atoms with van der Waals surface area (Å²) in [5.41, 5.74) is 0.915. The number of carbonyl (C=O) groups is 2. The lowest BCUT2D eigenvalue weighted by atomic mass is 10.1. The van der Waals surface area contributed by atoms with Crippen LogP contribution in [0.3, 0.4) is 0 Å². The Labute approximate surface area is 136 Å². The molecule has 4 nitrogen and oxygen atoms in total. The summed E-state index contributed by atoms with van der Waals surface area (Å²) in [7, 11) is 0. The fraction of sp³-hybridized carbons (Fsp3) is 0.368. The van der Waals surface area contributed by atoms with Crippen LogP contribution in [0.15, 0.2) is 54.6 Å². The summed E-state index contributed by atoms with van der Waals surface area (Å²) in [6.45, 7) is 0.244. The van der Waals surface area contributed by atoms with Crippen LogP contribution in [0.1, 0.15) is 43.8 Å². The zero-order valence-corrected chi connectivity index (χ0v) is 13.1. The van der Waals surface area contributed by atoms with Gasteiger partial charge >= 0.3 is 11.9 Å². The molecule has 0 N–H and O–H groups in total. The molecule has 0 aliphatic carbocycles. The number of cyclic esters (lactones) is 2. The molecule has 0 amide bonds. The van der Waals surface area contributed by atoms with Gasteiger partial charge in [-0.2, -0.15) is 0 Å². The van der Waals surface area contributed by atoms with E-state index in [2.05, 4.69) is 0 Å². The lowest BCUT2D eigenvalue weighted by molar-refractivity contribution is -0.151. The van der Waals surface area contributed by atoms with Crippen LogP contribution in [0, 0.1) is 0 Å². The molecule has 0 saturated heterocycles. The van der Waals surface area contributed by atoms with Gasteiger partial charge in [0.15, 0.2) is 0 Å². The molecule has 0 unspecified atom stereocenters. The topological polar surface area (TPSA) is 52.6 Å². The third-order valence-electron chi connectivity index (χ3n) is 3.50. The Balaban J connectivity index is 2.04. The van der Waals surface area contributed by atoms with Crippen LogP contribution in [0.4, 0.5) is 0 Å². The van der Waals surface area contributed by atoms with E-state index in [0.717, 1.165) is 5.56 Å². The van der Waals surface area contributed by atoms with E-state index < -0.39 is 0 Å². The molecule has 1 aromatic carbocycles. The second-order valence-electron chi connectivity index (χ2n) is 5.33. The van der Waals surface area contributed by atoms with Crippen molar-refractivity contribution in [1.29, 1.82) is 0 Å². The lowest BCUT2D eigenvalue weighted by Crippen LogP contribution is -2.15. The van der Waals surface area contributed by atoms with Crippen LogP contribution in [0.2, 0.25) is 0 Å². The Morgan fingerprint density at radius 2 is 1.52 bits per heavy atom. The quantitative estimate of drug-likeness (QED) is 0.738. The first-order valence-corrected chi connectivity index (χ1v) is 7.97. The van der Waals surface area contributed by atoms with Gasteiger partial charge in [-0.25, -0.2) is 0 Å². The van der Waals surface area contributed by atoms with E-state index in [9.17, 15) is 9.59 Å². The van der Waals surface area contributed by atoms with Gasteiger partial charge in [-0.15, -0.1) is 0 Å². The highest BCUT2D eigenvalue weighted by molar-refractivity contribution is 5.70. The van der Waals surface area contributed by atoms with Gasteiger partial charge < -0.3 is 9.47 Å². The molecule has 1 heterocycles. The van der Waals surface area contributed by atoms with Crippen LogP contribution in [0.5, 0.6) is 0 Å². The number of ether oxygens (including phenoxy) is 2. The van der Waals surface area contributed by atoms with E-state index in [1.807, 2.05) is 54.6 Å². The zero-order valence-electron chi connectivity index (χ0n) is 13.1. The van der Waals surface area contributed by atoms with Crippen molar-refractivity contribution in [2.24, 2.45) is 0 Å². The van der Waals surface area contributed by atoms with E-state index in [1.54, 1.807) is 0 Å². The summed E-state index contributed by atoms with van der Waals surface area (Å²) >= 11 is 0. The molecule has 0 fully saturated rings. The molecule has 0 bridgehead atoms. The first-order valence-electron chi connectivity index (χ1n) is 7.97. The van der Waals surface area contributed by atoms with Gasteiger partial charge in [-0.1, -0.05) is 54.6 Å². The Kier molecular flexibility index (Phi) is 7.11. The van der Waals surface area contributed by atoms with Gasteiger partial charge in [-0.05, 0) is 18.4 Å². The van der Waals surface area contributed by atoms with Crippen molar-refractivity contribution >= 4 is 11.9 Å². The van der Waals surface area contributed by atoms with E-state index >= 15 is 0 Å². The average Bonchev–Trinajstić information content (AvgIpc) is 2.57. The predicted molar refractivity (Wildman–Crippen MR) is 87.6 cm³/mol. The Hall–Kier alpha value is -2.36. The van der Waals surface area contributed by atoms with Gasteiger partial charge in [0.1, 0.15) is 6.10 Å². The molecule has 1 atom stereocenters. The van der Waals surface area contributed by atoms with Crippen molar-refractivity contribution in [2.75, 3.05) is 6.61 Å². The normalized spacial score (nSPS) is 23.7. The van der Waals surface area contributed by atoms with Gasteiger partial charge in [0.05, 0.1) is 6.61 Å². The number of carbonyl (C=O) groups excluding carboxylic acids is 2. The molecule has 0 spiro atoms. The van der Waals surface area contributed by atoms with E-state index in [-0.39, 0.29) is 24.6 Å². The maximum atomic E-state index is 12.0. The van der Waals surface area contributed by atoms with Crippen LogP contribution in [-0.4, -0.2) is 18.5 Å². The van der Waals surface area contributed by atoms with Gasteiger partial charge in [0, 0.05) is 19.3 Å². The molecule has 1 aliphatic heterocycles. The molecular formula is C19H22O4. The summed E-state index contributed by atoms with van der Waals surface area (Å²) in [6, 6.07) is 9.55. The molecule has 23 heavy (non-hydrogen) atoms. The monoisotopic (exact) mass is 314 g/mol. The van der Waals surface area contributed by atoms with Crippen molar-refractivity contribution in [3.8, 4) is 0 Å². The Morgan fingerprint density at radius 3 is 2.22 bits per heavy atom. The molecule has 1 aliphatic rings. The number of benzene rings is 1. The van der Waals surface area contributed by atoms with Crippen LogP contribution in [0.25, 0.3) is 0 Å². The second-order valence-corrected chi connectivity index (χ2v) is 5.33. The summed E-state index contributed by atoms with van der Waals surface area (Å²) in [6.07, 6.45) is 9.68. The summed E-state index contributed by atoms with van der Waals surface area (Å²) in [5.74, 6) is -0.472. The van der Waals surface area contributed by atoms with E-state index in [4.69, 9.17) is 9.47 Å². The second kappa shape index (κ2) is 9.62. The highest BCUT2D eigenvalue weighted by Gasteiger charge is 2.17. The fourth-order valence-electron chi connectivity index (χ4n) is 2.28. The minimum absolute atomic E-state index is 0.230. The minimum atomic E-state index is -0.385. The van der Waals surface area contributed by atoms with Gasteiger partial charge in [0.2, 0.25) is 0 Å². The van der Waals surface area contributed by atoms with Crippen LogP contribution in [-0.2, 0) is 19.1 Å². The largest absolute Gasteiger partial charge is 0.466 e. The standard InChI is InChI=1S/C19H22O4/c20-18-12-8-3-1-2-4-9-13-19(21)23-17(14-15-22-18)16-10-6-5-7-11-16/h1-7,10-11,17H,8-9,12-15H2/b3-1+,4-2+/t17-/m1/s1. The zero-order chi connectivity index (χ0) is 16.3. The number of rotatable bonds is 1. The molecule has 1 aromatic rings. The minimum Gasteiger partial charge on any atom is -0.466 e. The summed E-state index contributed by atoms with van der Waals surface area (Å²) in [4.78, 5) is 23.6. The SMILES string of the molecule is O=C1CC/C=C/C=C/CCC(=O)O[C@@H](c2ccccc2)CCO1. The number of allylic oxidation sites excluding steroid dienone is 4. The molecule has 122 valence electrons. The predicted octanol–water partition coefficient (Wildman–Crippen LogP) is 3.89.